The molecule has 0 fully saturated rings. The molecule has 0 aromatic carbocycles. The molecule has 0 radical (unpaired) electrons. The van der Waals surface area contributed by atoms with Gasteiger partial charge in [-0.1, -0.05) is 83.1 Å². The summed E-state index contributed by atoms with van der Waals surface area (Å²) in [5, 5.41) is 0. The lowest BCUT2D eigenvalue weighted by molar-refractivity contribution is -0.163. The maximum Gasteiger partial charge on any atom is 0.303 e. The van der Waals surface area contributed by atoms with Crippen LogP contribution < -0.4 is 0 Å². The first-order valence-corrected chi connectivity index (χ1v) is 17.2. The van der Waals surface area contributed by atoms with E-state index < -0.39 is 22.7 Å². The van der Waals surface area contributed by atoms with Crippen LogP contribution in [0.2, 0.25) is 33.2 Å². The number of hydrogen-bond acceptors (Lipinski definition) is 5. The van der Waals surface area contributed by atoms with Crippen molar-refractivity contribution in [1.82, 2.24) is 0 Å². The van der Waals surface area contributed by atoms with E-state index in [1.54, 1.807) is 6.26 Å². The van der Waals surface area contributed by atoms with E-state index >= 15 is 0 Å². The molecule has 0 aromatic heterocycles. The van der Waals surface area contributed by atoms with Gasteiger partial charge in [-0.3, -0.25) is 4.79 Å². The number of hydrogen-bond donors (Lipinski definition) is 0. The Morgan fingerprint density at radius 2 is 1.21 bits per heavy atom. The molecule has 0 spiro atoms. The molecule has 1 heterocycles. The van der Waals surface area contributed by atoms with Crippen molar-refractivity contribution in [3.63, 3.8) is 0 Å². The van der Waals surface area contributed by atoms with Crippen LogP contribution in [0.4, 0.5) is 0 Å². The van der Waals surface area contributed by atoms with Gasteiger partial charge in [0.15, 0.2) is 12.2 Å². The van der Waals surface area contributed by atoms with Crippen LogP contribution in [0.25, 0.3) is 0 Å². The Labute approximate surface area is 206 Å². The average Bonchev–Trinajstić information content (AvgIpc) is 2.66. The van der Waals surface area contributed by atoms with Gasteiger partial charge in [0.25, 0.3) is 0 Å². The normalized spacial score (nSPS) is 22.2. The van der Waals surface area contributed by atoms with Crippen LogP contribution in [0, 0.1) is 0 Å². The molecule has 0 saturated heterocycles. The van der Waals surface area contributed by atoms with E-state index in [1.165, 1.54) is 6.92 Å². The molecular formula is C26H52O5Si2. The van der Waals surface area contributed by atoms with Crippen LogP contribution in [0.1, 0.15) is 90.0 Å². The highest BCUT2D eigenvalue weighted by atomic mass is 28.4. The Hall–Kier alpha value is -0.636. The Morgan fingerprint density at radius 1 is 0.788 bits per heavy atom. The SMILES string of the molecule is CC(=O)OC1C(O[Si](C(C)C)(C(C)C)C(C)C)C=COC1CO[Si](C(C)C)(C(C)C)C(C)C. The number of ether oxygens (including phenoxy) is 2. The van der Waals surface area contributed by atoms with E-state index in [0.717, 1.165) is 0 Å². The van der Waals surface area contributed by atoms with E-state index in [-0.39, 0.29) is 18.2 Å². The molecule has 5 nitrogen and oxygen atoms in total. The Morgan fingerprint density at radius 3 is 1.58 bits per heavy atom. The number of rotatable bonds is 12. The van der Waals surface area contributed by atoms with Crippen LogP contribution in [0.3, 0.4) is 0 Å². The van der Waals surface area contributed by atoms with Crippen LogP contribution in [0.5, 0.6) is 0 Å². The van der Waals surface area contributed by atoms with E-state index in [4.69, 9.17) is 18.3 Å². The minimum absolute atomic E-state index is 0.316. The molecule has 3 atom stereocenters. The summed E-state index contributed by atoms with van der Waals surface area (Å²) in [6.07, 6.45) is 2.42. The molecule has 1 aliphatic rings. The van der Waals surface area contributed by atoms with Crippen molar-refractivity contribution >= 4 is 22.6 Å². The molecule has 0 aliphatic carbocycles. The number of esters is 1. The second kappa shape index (κ2) is 12.4. The van der Waals surface area contributed by atoms with Crippen LogP contribution in [-0.4, -0.2) is 47.5 Å². The monoisotopic (exact) mass is 500 g/mol. The molecule has 0 N–H and O–H groups in total. The molecule has 0 aromatic rings. The van der Waals surface area contributed by atoms with E-state index in [9.17, 15) is 4.79 Å². The van der Waals surface area contributed by atoms with Gasteiger partial charge in [0.2, 0.25) is 16.6 Å². The van der Waals surface area contributed by atoms with Gasteiger partial charge in [0, 0.05) is 6.92 Å². The van der Waals surface area contributed by atoms with Crippen LogP contribution in [-0.2, 0) is 23.1 Å². The zero-order valence-corrected chi connectivity index (χ0v) is 25.6. The Kier molecular flexibility index (Phi) is 11.4. The minimum atomic E-state index is -2.18. The lowest BCUT2D eigenvalue weighted by Gasteiger charge is -2.47. The largest absolute Gasteiger partial charge is 0.492 e. The van der Waals surface area contributed by atoms with Gasteiger partial charge in [-0.15, -0.1) is 0 Å². The Bertz CT molecular complexity index is 599. The number of carbonyl (C=O) groups is 1. The lowest BCUT2D eigenvalue weighted by Crippen LogP contribution is -2.57. The first-order chi connectivity index (χ1) is 15.1. The topological polar surface area (TPSA) is 54.0 Å². The molecule has 0 amide bonds. The summed E-state index contributed by atoms with van der Waals surface area (Å²) in [6, 6.07) is 0. The zero-order chi connectivity index (χ0) is 25.7. The second-order valence-corrected chi connectivity index (χ2v) is 22.5. The van der Waals surface area contributed by atoms with Crippen molar-refractivity contribution in [3.8, 4) is 0 Å². The van der Waals surface area contributed by atoms with E-state index in [2.05, 4.69) is 83.1 Å². The van der Waals surface area contributed by atoms with Crippen LogP contribution >= 0.6 is 0 Å². The summed E-state index contributed by atoms with van der Waals surface area (Å²) in [6.45, 7) is 29.1. The fourth-order valence-corrected chi connectivity index (χ4v) is 17.5. The standard InChI is InChI=1S/C26H52O5Si2/c1-17(2)32(18(3)4,19(5)6)29-16-25-26(30-23(13)27)24(14-15-28-25)31-33(20(7)8,21(9)10)22(11)12/h14-15,17-22,24-26H,16H2,1-13H3. The maximum atomic E-state index is 12.1. The summed E-state index contributed by atoms with van der Waals surface area (Å²) >= 11 is 0. The quantitative estimate of drug-likeness (QED) is 0.204. The third kappa shape index (κ3) is 6.53. The molecular weight excluding hydrogens is 448 g/mol. The van der Waals surface area contributed by atoms with Gasteiger partial charge >= 0.3 is 5.97 Å². The highest BCUT2D eigenvalue weighted by Crippen LogP contribution is 2.45. The van der Waals surface area contributed by atoms with Gasteiger partial charge in [-0.2, -0.15) is 0 Å². The summed E-state index contributed by atoms with van der Waals surface area (Å²) < 4.78 is 25.8. The van der Waals surface area contributed by atoms with Crippen molar-refractivity contribution < 1.29 is 23.1 Å². The maximum absolute atomic E-state index is 12.1. The summed E-state index contributed by atoms with van der Waals surface area (Å²) in [5.74, 6) is -0.316. The molecule has 7 heteroatoms. The molecule has 1 aliphatic heterocycles. The number of carbonyl (C=O) groups excluding carboxylic acids is 1. The zero-order valence-electron chi connectivity index (χ0n) is 23.6. The van der Waals surface area contributed by atoms with E-state index in [0.29, 0.717) is 39.9 Å². The van der Waals surface area contributed by atoms with Gasteiger partial charge < -0.3 is 18.3 Å². The van der Waals surface area contributed by atoms with Gasteiger partial charge in [0.05, 0.1) is 12.9 Å². The summed E-state index contributed by atoms with van der Waals surface area (Å²) in [4.78, 5) is 12.1. The molecule has 0 bridgehead atoms. The van der Waals surface area contributed by atoms with E-state index in [1.807, 2.05) is 6.08 Å². The summed E-state index contributed by atoms with van der Waals surface area (Å²) in [7, 11) is -4.26. The van der Waals surface area contributed by atoms with Gasteiger partial charge in [0.1, 0.15) is 6.10 Å². The predicted molar refractivity (Wildman–Crippen MR) is 142 cm³/mol. The first-order valence-electron chi connectivity index (χ1n) is 12.9. The van der Waals surface area contributed by atoms with Crippen molar-refractivity contribution in [1.29, 1.82) is 0 Å². The average molecular weight is 501 g/mol. The molecule has 194 valence electrons. The second-order valence-electron chi connectivity index (χ2n) is 11.6. The van der Waals surface area contributed by atoms with Crippen molar-refractivity contribution in [2.75, 3.05) is 6.61 Å². The lowest BCUT2D eigenvalue weighted by atomic mass is 10.1. The fraction of sp³-hybridized carbons (Fsp3) is 0.885. The predicted octanol–water partition coefficient (Wildman–Crippen LogP) is 7.58. The third-order valence-corrected chi connectivity index (χ3v) is 19.9. The smallest absolute Gasteiger partial charge is 0.303 e. The van der Waals surface area contributed by atoms with Crippen molar-refractivity contribution in [2.45, 2.75) is 142 Å². The molecule has 1 rings (SSSR count). The highest BCUT2D eigenvalue weighted by molar-refractivity contribution is 6.78. The van der Waals surface area contributed by atoms with Crippen LogP contribution in [0.15, 0.2) is 12.3 Å². The van der Waals surface area contributed by atoms with Crippen molar-refractivity contribution in [2.24, 2.45) is 0 Å². The molecule has 3 unspecified atom stereocenters. The molecule has 33 heavy (non-hydrogen) atoms. The fourth-order valence-electron chi connectivity index (χ4n) is 6.57. The van der Waals surface area contributed by atoms with Crippen molar-refractivity contribution in [3.05, 3.63) is 12.3 Å². The summed E-state index contributed by atoms with van der Waals surface area (Å²) in [5.41, 5.74) is 2.72. The van der Waals surface area contributed by atoms with Gasteiger partial charge in [-0.05, 0) is 39.3 Å². The minimum Gasteiger partial charge on any atom is -0.492 e. The van der Waals surface area contributed by atoms with Gasteiger partial charge in [-0.25, -0.2) is 0 Å². The Balaban J connectivity index is 3.29. The third-order valence-electron chi connectivity index (χ3n) is 7.77. The first kappa shape index (κ1) is 30.4. The molecule has 0 saturated carbocycles. The highest BCUT2D eigenvalue weighted by Gasteiger charge is 2.51.